The Morgan fingerprint density at radius 1 is 1.17 bits per heavy atom. The summed E-state index contributed by atoms with van der Waals surface area (Å²) in [6.07, 6.45) is 10.3. The molecular formula is C15H25N5O3S. The maximum atomic E-state index is 12.2. The first kappa shape index (κ1) is 17.2. The molecule has 8 nitrogen and oxygen atoms in total. The van der Waals surface area contributed by atoms with E-state index in [2.05, 4.69) is 20.5 Å². The SMILES string of the molecule is CS(=O)(=O)NC1CC(NC(=O)NC2CCCCC2n2cccn2)C1. The molecule has 0 aromatic carbocycles. The van der Waals surface area contributed by atoms with Crippen LogP contribution in [0.3, 0.4) is 0 Å². The maximum Gasteiger partial charge on any atom is 0.315 e. The Balaban J connectivity index is 1.46. The number of sulfonamides is 1. The summed E-state index contributed by atoms with van der Waals surface area (Å²) < 4.78 is 26.8. The number of hydrogen-bond acceptors (Lipinski definition) is 4. The van der Waals surface area contributed by atoms with Crippen molar-refractivity contribution in [1.82, 2.24) is 25.1 Å². The minimum Gasteiger partial charge on any atom is -0.335 e. The molecule has 134 valence electrons. The number of nitrogens with zero attached hydrogens (tertiary/aromatic N) is 2. The van der Waals surface area contributed by atoms with Crippen LogP contribution >= 0.6 is 0 Å². The van der Waals surface area contributed by atoms with Crippen molar-refractivity contribution >= 4 is 16.1 Å². The van der Waals surface area contributed by atoms with Gasteiger partial charge in [0.1, 0.15) is 0 Å². The molecule has 1 aromatic heterocycles. The Hall–Kier alpha value is -1.61. The zero-order valence-corrected chi connectivity index (χ0v) is 14.6. The molecule has 3 rings (SSSR count). The molecule has 2 amide bonds. The summed E-state index contributed by atoms with van der Waals surface area (Å²) in [5.74, 6) is 0. The smallest absolute Gasteiger partial charge is 0.315 e. The van der Waals surface area contributed by atoms with Gasteiger partial charge in [-0.05, 0) is 31.7 Å². The van der Waals surface area contributed by atoms with Crippen LogP contribution in [0.4, 0.5) is 4.79 Å². The van der Waals surface area contributed by atoms with Crippen molar-refractivity contribution in [3.63, 3.8) is 0 Å². The lowest BCUT2D eigenvalue weighted by Gasteiger charge is -2.37. The van der Waals surface area contributed by atoms with Crippen LogP contribution in [0.1, 0.15) is 44.6 Å². The molecule has 9 heteroatoms. The van der Waals surface area contributed by atoms with Crippen LogP contribution < -0.4 is 15.4 Å². The number of carbonyl (C=O) groups excluding carboxylic acids is 1. The predicted octanol–water partition coefficient (Wildman–Crippen LogP) is 0.746. The zero-order chi connectivity index (χ0) is 17.2. The van der Waals surface area contributed by atoms with Gasteiger partial charge in [0.2, 0.25) is 10.0 Å². The monoisotopic (exact) mass is 355 g/mol. The second kappa shape index (κ2) is 7.10. The first-order valence-corrected chi connectivity index (χ1v) is 10.3. The Bertz CT molecular complexity index is 655. The van der Waals surface area contributed by atoms with Crippen molar-refractivity contribution < 1.29 is 13.2 Å². The Kier molecular flexibility index (Phi) is 5.09. The molecule has 2 unspecified atom stereocenters. The van der Waals surface area contributed by atoms with Crippen LogP contribution in [0.2, 0.25) is 0 Å². The lowest BCUT2D eigenvalue weighted by atomic mass is 9.87. The van der Waals surface area contributed by atoms with E-state index in [0.29, 0.717) is 12.8 Å². The van der Waals surface area contributed by atoms with Crippen LogP contribution in [-0.4, -0.2) is 48.6 Å². The quantitative estimate of drug-likeness (QED) is 0.725. The Labute approximate surface area is 142 Å². The van der Waals surface area contributed by atoms with E-state index in [9.17, 15) is 13.2 Å². The lowest BCUT2D eigenvalue weighted by molar-refractivity contribution is 0.199. The number of nitrogens with one attached hydrogen (secondary N) is 3. The zero-order valence-electron chi connectivity index (χ0n) is 13.8. The molecule has 1 aromatic rings. The van der Waals surface area contributed by atoms with E-state index in [-0.39, 0.29) is 30.2 Å². The Morgan fingerprint density at radius 3 is 2.58 bits per heavy atom. The van der Waals surface area contributed by atoms with Gasteiger partial charge in [-0.25, -0.2) is 17.9 Å². The number of aromatic nitrogens is 2. The van der Waals surface area contributed by atoms with Crippen LogP contribution in [-0.2, 0) is 10.0 Å². The summed E-state index contributed by atoms with van der Waals surface area (Å²) in [5, 5.41) is 10.3. The van der Waals surface area contributed by atoms with E-state index in [0.717, 1.165) is 31.9 Å². The van der Waals surface area contributed by atoms with Crippen LogP contribution in [0.15, 0.2) is 18.5 Å². The number of hydrogen-bond donors (Lipinski definition) is 3. The predicted molar refractivity (Wildman–Crippen MR) is 90.0 cm³/mol. The van der Waals surface area contributed by atoms with Crippen molar-refractivity contribution in [3.8, 4) is 0 Å². The van der Waals surface area contributed by atoms with E-state index in [1.807, 2.05) is 16.9 Å². The van der Waals surface area contributed by atoms with Gasteiger partial charge in [0, 0.05) is 24.5 Å². The van der Waals surface area contributed by atoms with E-state index < -0.39 is 10.0 Å². The molecule has 0 bridgehead atoms. The lowest BCUT2D eigenvalue weighted by Crippen LogP contribution is -2.57. The summed E-state index contributed by atoms with van der Waals surface area (Å²) in [6.45, 7) is 0. The van der Waals surface area contributed by atoms with Crippen molar-refractivity contribution in [2.45, 2.75) is 62.7 Å². The van der Waals surface area contributed by atoms with Crippen molar-refractivity contribution in [2.24, 2.45) is 0 Å². The third-order valence-corrected chi connectivity index (χ3v) is 5.53. The second-order valence-corrected chi connectivity index (χ2v) is 8.60. The topological polar surface area (TPSA) is 105 Å². The van der Waals surface area contributed by atoms with Crippen molar-refractivity contribution in [1.29, 1.82) is 0 Å². The molecule has 1 heterocycles. The third-order valence-electron chi connectivity index (χ3n) is 4.76. The molecule has 2 atom stereocenters. The molecular weight excluding hydrogens is 330 g/mol. The fourth-order valence-electron chi connectivity index (χ4n) is 3.60. The molecule has 3 N–H and O–H groups in total. The van der Waals surface area contributed by atoms with Crippen LogP contribution in [0.25, 0.3) is 0 Å². The molecule has 2 aliphatic carbocycles. The van der Waals surface area contributed by atoms with Gasteiger partial charge in [-0.2, -0.15) is 5.10 Å². The summed E-state index contributed by atoms with van der Waals surface area (Å²) in [6, 6.07) is 1.94. The van der Waals surface area contributed by atoms with Gasteiger partial charge in [-0.1, -0.05) is 12.8 Å². The summed E-state index contributed by atoms with van der Waals surface area (Å²) >= 11 is 0. The molecule has 0 saturated heterocycles. The standard InChI is InChI=1S/C15H25N5O3S/c1-24(22,23)19-12-9-11(10-12)17-15(21)18-13-5-2-3-6-14(13)20-8-4-7-16-20/h4,7-8,11-14,19H,2-3,5-6,9-10H2,1H3,(H2,17,18,21). The fourth-order valence-corrected chi connectivity index (χ4v) is 4.40. The molecule has 0 radical (unpaired) electrons. The van der Waals surface area contributed by atoms with Gasteiger partial charge < -0.3 is 10.6 Å². The summed E-state index contributed by atoms with van der Waals surface area (Å²) in [7, 11) is -3.18. The molecule has 2 fully saturated rings. The van der Waals surface area contributed by atoms with E-state index in [4.69, 9.17) is 0 Å². The highest BCUT2D eigenvalue weighted by Crippen LogP contribution is 2.28. The first-order valence-electron chi connectivity index (χ1n) is 8.44. The normalized spacial score (nSPS) is 30.4. The molecule has 0 spiro atoms. The minimum atomic E-state index is -3.18. The largest absolute Gasteiger partial charge is 0.335 e. The highest BCUT2D eigenvalue weighted by Gasteiger charge is 2.33. The average molecular weight is 355 g/mol. The van der Waals surface area contributed by atoms with E-state index >= 15 is 0 Å². The maximum absolute atomic E-state index is 12.2. The fraction of sp³-hybridized carbons (Fsp3) is 0.733. The van der Waals surface area contributed by atoms with Gasteiger partial charge in [0.25, 0.3) is 0 Å². The van der Waals surface area contributed by atoms with E-state index in [1.165, 1.54) is 0 Å². The van der Waals surface area contributed by atoms with Gasteiger partial charge >= 0.3 is 6.03 Å². The van der Waals surface area contributed by atoms with Crippen molar-refractivity contribution in [3.05, 3.63) is 18.5 Å². The second-order valence-electron chi connectivity index (χ2n) is 6.82. The first-order chi connectivity index (χ1) is 11.4. The van der Waals surface area contributed by atoms with E-state index in [1.54, 1.807) is 6.20 Å². The highest BCUT2D eigenvalue weighted by atomic mass is 32.2. The van der Waals surface area contributed by atoms with Crippen molar-refractivity contribution in [2.75, 3.05) is 6.26 Å². The molecule has 0 aliphatic heterocycles. The van der Waals surface area contributed by atoms with Gasteiger partial charge in [-0.3, -0.25) is 4.68 Å². The van der Waals surface area contributed by atoms with Gasteiger partial charge in [0.05, 0.1) is 18.3 Å². The molecule has 24 heavy (non-hydrogen) atoms. The summed E-state index contributed by atoms with van der Waals surface area (Å²) in [4.78, 5) is 12.2. The highest BCUT2D eigenvalue weighted by molar-refractivity contribution is 7.88. The van der Waals surface area contributed by atoms with Gasteiger partial charge in [0.15, 0.2) is 0 Å². The van der Waals surface area contributed by atoms with Crippen LogP contribution in [0.5, 0.6) is 0 Å². The minimum absolute atomic E-state index is 0.0241. The van der Waals surface area contributed by atoms with Crippen LogP contribution in [0, 0.1) is 0 Å². The number of carbonyl (C=O) groups is 1. The molecule has 2 saturated carbocycles. The number of urea groups is 1. The average Bonchev–Trinajstić information content (AvgIpc) is 2.98. The third kappa shape index (κ3) is 4.47. The Morgan fingerprint density at radius 2 is 1.92 bits per heavy atom. The summed E-state index contributed by atoms with van der Waals surface area (Å²) in [5.41, 5.74) is 0. The van der Waals surface area contributed by atoms with Gasteiger partial charge in [-0.15, -0.1) is 0 Å². The molecule has 2 aliphatic rings. The number of amides is 2. The number of rotatable bonds is 5.